The molecule has 1 saturated heterocycles. The van der Waals surface area contributed by atoms with Gasteiger partial charge in [-0.2, -0.15) is 0 Å². The van der Waals surface area contributed by atoms with Crippen LogP contribution in [-0.2, 0) is 4.74 Å². The highest BCUT2D eigenvalue weighted by molar-refractivity contribution is 4.68. The predicted octanol–water partition coefficient (Wildman–Crippen LogP) is 2.27. The summed E-state index contributed by atoms with van der Waals surface area (Å²) in [4.78, 5) is 2.56. The van der Waals surface area contributed by atoms with Gasteiger partial charge in [0.1, 0.15) is 0 Å². The number of hydrogen-bond donors (Lipinski definition) is 1. The number of rotatable bonds is 9. The van der Waals surface area contributed by atoms with E-state index in [1.165, 1.54) is 51.7 Å². The third-order valence-corrected chi connectivity index (χ3v) is 3.34. The van der Waals surface area contributed by atoms with Crippen molar-refractivity contribution in [2.45, 2.75) is 52.1 Å². The van der Waals surface area contributed by atoms with Crippen LogP contribution in [-0.4, -0.2) is 50.3 Å². The summed E-state index contributed by atoms with van der Waals surface area (Å²) in [7, 11) is 0. The third-order valence-electron chi connectivity index (χ3n) is 3.34. The Morgan fingerprint density at radius 3 is 2.29 bits per heavy atom. The van der Waals surface area contributed by atoms with Gasteiger partial charge in [-0.1, -0.05) is 13.8 Å². The lowest BCUT2D eigenvalue weighted by atomic mass is 10.1. The Kier molecular flexibility index (Phi) is 8.67. The lowest BCUT2D eigenvalue weighted by molar-refractivity contribution is 0.0278. The summed E-state index contributed by atoms with van der Waals surface area (Å²) in [5.74, 6) is 0. The first-order chi connectivity index (χ1) is 8.36. The molecular formula is C14H30N2O. The van der Waals surface area contributed by atoms with Gasteiger partial charge >= 0.3 is 0 Å². The van der Waals surface area contributed by atoms with E-state index in [0.29, 0.717) is 6.10 Å². The van der Waals surface area contributed by atoms with E-state index >= 15 is 0 Å². The molecule has 1 fully saturated rings. The first-order valence-corrected chi connectivity index (χ1v) is 7.41. The van der Waals surface area contributed by atoms with Gasteiger partial charge in [-0.3, -0.25) is 0 Å². The Hall–Kier alpha value is -0.120. The summed E-state index contributed by atoms with van der Waals surface area (Å²) in [6, 6.07) is 0. The normalized spacial score (nSPS) is 17.8. The summed E-state index contributed by atoms with van der Waals surface area (Å²) in [6.45, 7) is 11.4. The standard InChI is InChI=1S/C14H30N2O/c1-3-10-16(11-4-2)12-5-13-17-14-6-8-15-9-7-14/h14-15H,3-13H2,1-2H3. The summed E-state index contributed by atoms with van der Waals surface area (Å²) in [5.41, 5.74) is 0. The number of piperidine rings is 1. The van der Waals surface area contributed by atoms with Gasteiger partial charge < -0.3 is 15.0 Å². The molecule has 1 aliphatic heterocycles. The topological polar surface area (TPSA) is 24.5 Å². The van der Waals surface area contributed by atoms with Crippen molar-refractivity contribution < 1.29 is 4.74 Å². The summed E-state index contributed by atoms with van der Waals surface area (Å²) in [6.07, 6.45) is 6.59. The molecule has 0 atom stereocenters. The van der Waals surface area contributed by atoms with Crippen molar-refractivity contribution >= 4 is 0 Å². The van der Waals surface area contributed by atoms with Gasteiger partial charge in [-0.15, -0.1) is 0 Å². The minimum absolute atomic E-state index is 0.516. The van der Waals surface area contributed by atoms with Crippen molar-refractivity contribution in [3.8, 4) is 0 Å². The van der Waals surface area contributed by atoms with Crippen LogP contribution >= 0.6 is 0 Å². The fourth-order valence-corrected chi connectivity index (χ4v) is 2.47. The van der Waals surface area contributed by atoms with E-state index in [2.05, 4.69) is 24.1 Å². The molecular weight excluding hydrogens is 212 g/mol. The maximum absolute atomic E-state index is 5.92. The highest BCUT2D eigenvalue weighted by atomic mass is 16.5. The van der Waals surface area contributed by atoms with Crippen molar-refractivity contribution in [1.29, 1.82) is 0 Å². The van der Waals surface area contributed by atoms with Gasteiger partial charge in [0.2, 0.25) is 0 Å². The second kappa shape index (κ2) is 9.86. The summed E-state index contributed by atoms with van der Waals surface area (Å²) < 4.78 is 5.92. The predicted molar refractivity (Wildman–Crippen MR) is 73.5 cm³/mol. The van der Waals surface area contributed by atoms with Crippen molar-refractivity contribution in [2.24, 2.45) is 0 Å². The quantitative estimate of drug-likeness (QED) is 0.628. The number of nitrogens with one attached hydrogen (secondary N) is 1. The van der Waals surface area contributed by atoms with Crippen LogP contribution in [0.1, 0.15) is 46.0 Å². The molecule has 0 aromatic heterocycles. The molecule has 1 aliphatic rings. The Bertz CT molecular complexity index is 164. The Morgan fingerprint density at radius 1 is 1.06 bits per heavy atom. The van der Waals surface area contributed by atoms with Crippen LogP contribution in [0.3, 0.4) is 0 Å². The molecule has 102 valence electrons. The molecule has 0 aliphatic carbocycles. The first-order valence-electron chi connectivity index (χ1n) is 7.41. The average molecular weight is 242 g/mol. The molecule has 0 amide bonds. The zero-order valence-electron chi connectivity index (χ0n) is 11.7. The Morgan fingerprint density at radius 2 is 1.71 bits per heavy atom. The van der Waals surface area contributed by atoms with E-state index in [-0.39, 0.29) is 0 Å². The van der Waals surface area contributed by atoms with E-state index in [1.54, 1.807) is 0 Å². The first kappa shape index (κ1) is 14.9. The average Bonchev–Trinajstić information content (AvgIpc) is 2.36. The van der Waals surface area contributed by atoms with Crippen molar-refractivity contribution in [3.63, 3.8) is 0 Å². The van der Waals surface area contributed by atoms with Crippen LogP contribution in [0.15, 0.2) is 0 Å². The van der Waals surface area contributed by atoms with Gasteiger partial charge in [0.05, 0.1) is 6.10 Å². The SMILES string of the molecule is CCCN(CCC)CCCOC1CCNCC1. The van der Waals surface area contributed by atoms with Crippen molar-refractivity contribution in [3.05, 3.63) is 0 Å². The summed E-state index contributed by atoms with van der Waals surface area (Å²) >= 11 is 0. The molecule has 0 unspecified atom stereocenters. The molecule has 1 heterocycles. The maximum atomic E-state index is 5.92. The smallest absolute Gasteiger partial charge is 0.0599 e. The lowest BCUT2D eigenvalue weighted by Crippen LogP contribution is -2.33. The zero-order chi connectivity index (χ0) is 12.3. The Labute approximate surface area is 107 Å². The monoisotopic (exact) mass is 242 g/mol. The molecule has 3 heteroatoms. The highest BCUT2D eigenvalue weighted by Crippen LogP contribution is 2.07. The molecule has 17 heavy (non-hydrogen) atoms. The van der Waals surface area contributed by atoms with E-state index < -0.39 is 0 Å². The van der Waals surface area contributed by atoms with E-state index in [9.17, 15) is 0 Å². The van der Waals surface area contributed by atoms with Gasteiger partial charge in [-0.25, -0.2) is 0 Å². The van der Waals surface area contributed by atoms with Gasteiger partial charge in [-0.05, 0) is 58.3 Å². The van der Waals surface area contributed by atoms with Gasteiger partial charge in [0.15, 0.2) is 0 Å². The van der Waals surface area contributed by atoms with E-state index in [0.717, 1.165) is 19.7 Å². The van der Waals surface area contributed by atoms with Crippen molar-refractivity contribution in [1.82, 2.24) is 10.2 Å². The summed E-state index contributed by atoms with van der Waals surface area (Å²) in [5, 5.41) is 3.37. The largest absolute Gasteiger partial charge is 0.378 e. The maximum Gasteiger partial charge on any atom is 0.0599 e. The Balaban J connectivity index is 2.00. The fourth-order valence-electron chi connectivity index (χ4n) is 2.47. The van der Waals surface area contributed by atoms with E-state index in [1.807, 2.05) is 0 Å². The number of ether oxygens (including phenoxy) is 1. The minimum atomic E-state index is 0.516. The number of hydrogen-bond acceptors (Lipinski definition) is 3. The van der Waals surface area contributed by atoms with Crippen LogP contribution in [0, 0.1) is 0 Å². The molecule has 1 N–H and O–H groups in total. The second-order valence-corrected chi connectivity index (χ2v) is 5.02. The molecule has 0 radical (unpaired) electrons. The lowest BCUT2D eigenvalue weighted by Gasteiger charge is -2.24. The third kappa shape index (κ3) is 7.02. The van der Waals surface area contributed by atoms with Crippen LogP contribution in [0.5, 0.6) is 0 Å². The van der Waals surface area contributed by atoms with Crippen LogP contribution in [0.2, 0.25) is 0 Å². The minimum Gasteiger partial charge on any atom is -0.378 e. The molecule has 0 aromatic rings. The van der Waals surface area contributed by atoms with Crippen LogP contribution < -0.4 is 5.32 Å². The van der Waals surface area contributed by atoms with Crippen LogP contribution in [0.4, 0.5) is 0 Å². The zero-order valence-corrected chi connectivity index (χ0v) is 11.7. The fraction of sp³-hybridized carbons (Fsp3) is 1.00. The van der Waals surface area contributed by atoms with Gasteiger partial charge in [0.25, 0.3) is 0 Å². The number of nitrogens with zero attached hydrogens (tertiary/aromatic N) is 1. The highest BCUT2D eigenvalue weighted by Gasteiger charge is 2.12. The molecule has 1 rings (SSSR count). The van der Waals surface area contributed by atoms with Crippen molar-refractivity contribution in [2.75, 3.05) is 39.3 Å². The molecule has 0 saturated carbocycles. The van der Waals surface area contributed by atoms with E-state index in [4.69, 9.17) is 4.74 Å². The molecule has 0 spiro atoms. The second-order valence-electron chi connectivity index (χ2n) is 5.02. The van der Waals surface area contributed by atoms with Gasteiger partial charge in [0, 0.05) is 13.2 Å². The molecule has 3 nitrogen and oxygen atoms in total. The molecule has 0 bridgehead atoms. The van der Waals surface area contributed by atoms with Crippen LogP contribution in [0.25, 0.3) is 0 Å². The molecule has 0 aromatic carbocycles.